The van der Waals surface area contributed by atoms with Crippen molar-refractivity contribution in [2.45, 2.75) is 31.7 Å². The molecule has 1 amide bonds. The number of ether oxygens (including phenoxy) is 1. The van der Waals surface area contributed by atoms with Crippen LogP contribution < -0.4 is 5.32 Å². The van der Waals surface area contributed by atoms with Crippen LogP contribution in [0, 0.1) is 11.8 Å². The Balaban J connectivity index is 1.39. The van der Waals surface area contributed by atoms with Gasteiger partial charge in [0.2, 0.25) is 5.91 Å². The zero-order valence-electron chi connectivity index (χ0n) is 17.4. The monoisotopic (exact) mass is 405 g/mol. The Kier molecular flexibility index (Phi) is 6.04. The maximum atomic E-state index is 12.7. The molecular weight excluding hydrogens is 378 g/mol. The van der Waals surface area contributed by atoms with Crippen molar-refractivity contribution in [2.24, 2.45) is 16.8 Å². The van der Waals surface area contributed by atoms with Crippen LogP contribution in [-0.2, 0) is 27.3 Å². The molecule has 6 nitrogen and oxygen atoms in total. The summed E-state index contributed by atoms with van der Waals surface area (Å²) in [6.45, 7) is 1.11. The zero-order valence-corrected chi connectivity index (χ0v) is 17.4. The van der Waals surface area contributed by atoms with E-state index in [9.17, 15) is 9.59 Å². The Morgan fingerprint density at radius 1 is 1.27 bits per heavy atom. The van der Waals surface area contributed by atoms with E-state index in [-0.39, 0.29) is 29.4 Å². The lowest BCUT2D eigenvalue weighted by atomic mass is 9.93. The molecule has 0 saturated heterocycles. The highest BCUT2D eigenvalue weighted by Crippen LogP contribution is 2.43. The molecule has 1 saturated carbocycles. The van der Waals surface area contributed by atoms with E-state index >= 15 is 0 Å². The molecule has 30 heavy (non-hydrogen) atoms. The van der Waals surface area contributed by atoms with Crippen LogP contribution in [0.1, 0.15) is 41.1 Å². The van der Waals surface area contributed by atoms with E-state index in [0.717, 1.165) is 34.5 Å². The molecule has 1 unspecified atom stereocenters. The molecule has 3 atom stereocenters. The largest absolute Gasteiger partial charge is 0.384 e. The fourth-order valence-electron chi connectivity index (χ4n) is 4.30. The number of Topliss-reactive ketones (excluding diaryl/α,β-unsaturated/α-hetero) is 1. The minimum atomic E-state index is 0.0247. The second-order valence-corrected chi connectivity index (χ2v) is 8.08. The minimum absolute atomic E-state index is 0.0247. The van der Waals surface area contributed by atoms with Gasteiger partial charge in [0.05, 0.1) is 13.2 Å². The van der Waals surface area contributed by atoms with Crippen molar-refractivity contribution in [1.29, 1.82) is 0 Å². The lowest BCUT2D eigenvalue weighted by Crippen LogP contribution is -2.21. The number of aromatic nitrogens is 1. The van der Waals surface area contributed by atoms with Gasteiger partial charge < -0.3 is 10.1 Å². The highest BCUT2D eigenvalue weighted by atomic mass is 16.5. The SMILES string of the molecule is CNC(=O)[C@H]1CC1C1=NCc2cc(CC(=O)C[C@H](COC)c3ccccc3)ncc21. The molecule has 1 aliphatic heterocycles. The quantitative estimate of drug-likeness (QED) is 0.696. The summed E-state index contributed by atoms with van der Waals surface area (Å²) in [5.74, 6) is 0.493. The fourth-order valence-corrected chi connectivity index (χ4v) is 4.30. The van der Waals surface area contributed by atoms with Gasteiger partial charge in [-0.3, -0.25) is 19.6 Å². The first-order valence-corrected chi connectivity index (χ1v) is 10.4. The van der Waals surface area contributed by atoms with E-state index in [0.29, 0.717) is 26.0 Å². The van der Waals surface area contributed by atoms with E-state index in [2.05, 4.69) is 15.3 Å². The molecule has 2 aromatic rings. The first-order valence-electron chi connectivity index (χ1n) is 10.4. The molecule has 2 aliphatic rings. The maximum Gasteiger partial charge on any atom is 0.223 e. The van der Waals surface area contributed by atoms with E-state index < -0.39 is 0 Å². The third-order valence-electron chi connectivity index (χ3n) is 5.96. The van der Waals surface area contributed by atoms with Gasteiger partial charge in [0.1, 0.15) is 5.78 Å². The van der Waals surface area contributed by atoms with Crippen LogP contribution in [0.4, 0.5) is 0 Å². The van der Waals surface area contributed by atoms with Gasteiger partial charge in [-0.1, -0.05) is 30.3 Å². The summed E-state index contributed by atoms with van der Waals surface area (Å²) in [6, 6.07) is 12.0. The summed E-state index contributed by atoms with van der Waals surface area (Å²) in [6.07, 6.45) is 3.40. The van der Waals surface area contributed by atoms with Crippen molar-refractivity contribution < 1.29 is 14.3 Å². The average Bonchev–Trinajstić information content (AvgIpc) is 3.45. The number of hydrogen-bond donors (Lipinski definition) is 1. The number of hydrogen-bond acceptors (Lipinski definition) is 5. The Bertz CT molecular complexity index is 971. The molecule has 0 bridgehead atoms. The molecule has 6 heteroatoms. The van der Waals surface area contributed by atoms with Crippen LogP contribution in [0.25, 0.3) is 0 Å². The Morgan fingerprint density at radius 3 is 2.80 bits per heavy atom. The minimum Gasteiger partial charge on any atom is -0.384 e. The summed E-state index contributed by atoms with van der Waals surface area (Å²) in [7, 11) is 3.33. The predicted octanol–water partition coefficient (Wildman–Crippen LogP) is 2.70. The fraction of sp³-hybridized carbons (Fsp3) is 0.417. The van der Waals surface area contributed by atoms with Crippen molar-refractivity contribution in [3.8, 4) is 0 Å². The number of pyridine rings is 1. The molecule has 1 N–H and O–H groups in total. The molecule has 156 valence electrons. The molecule has 1 aromatic heterocycles. The smallest absolute Gasteiger partial charge is 0.223 e. The van der Waals surface area contributed by atoms with Crippen molar-refractivity contribution in [3.05, 3.63) is 65.0 Å². The maximum absolute atomic E-state index is 12.7. The van der Waals surface area contributed by atoms with Gasteiger partial charge in [-0.2, -0.15) is 0 Å². The van der Waals surface area contributed by atoms with Crippen molar-refractivity contribution in [1.82, 2.24) is 10.3 Å². The van der Waals surface area contributed by atoms with E-state index in [4.69, 9.17) is 4.74 Å². The second kappa shape index (κ2) is 8.88. The summed E-state index contributed by atoms with van der Waals surface area (Å²) in [4.78, 5) is 33.8. The number of carbonyl (C=O) groups is 2. The number of aliphatic imine (C=N–C) groups is 1. The first kappa shape index (κ1) is 20.4. The normalized spacial score (nSPS) is 20.3. The van der Waals surface area contributed by atoms with Crippen LogP contribution >= 0.6 is 0 Å². The van der Waals surface area contributed by atoms with Gasteiger partial charge in [0.25, 0.3) is 0 Å². The number of amides is 1. The molecule has 1 aliphatic carbocycles. The van der Waals surface area contributed by atoms with Gasteiger partial charge in [-0.25, -0.2) is 0 Å². The molecular formula is C24H27N3O3. The van der Waals surface area contributed by atoms with Gasteiger partial charge in [-0.15, -0.1) is 0 Å². The second-order valence-electron chi connectivity index (χ2n) is 8.08. The van der Waals surface area contributed by atoms with Crippen molar-refractivity contribution >= 4 is 17.4 Å². The number of carbonyl (C=O) groups excluding carboxylic acids is 2. The lowest BCUT2D eigenvalue weighted by Gasteiger charge is -2.15. The molecule has 2 heterocycles. The number of methoxy groups -OCH3 is 1. The molecule has 0 radical (unpaired) electrons. The van der Waals surface area contributed by atoms with Crippen LogP contribution in [0.2, 0.25) is 0 Å². The zero-order chi connectivity index (χ0) is 21.1. The number of fused-ring (bicyclic) bond motifs is 1. The highest BCUT2D eigenvalue weighted by Gasteiger charge is 2.47. The Morgan fingerprint density at radius 2 is 2.07 bits per heavy atom. The van der Waals surface area contributed by atoms with E-state index in [1.165, 1.54) is 0 Å². The Hall–Kier alpha value is -2.86. The van der Waals surface area contributed by atoms with Gasteiger partial charge in [-0.05, 0) is 23.6 Å². The van der Waals surface area contributed by atoms with Gasteiger partial charge in [0.15, 0.2) is 0 Å². The number of nitrogens with one attached hydrogen (secondary N) is 1. The summed E-state index contributed by atoms with van der Waals surface area (Å²) in [5, 5.41) is 2.72. The number of ketones is 1. The predicted molar refractivity (Wildman–Crippen MR) is 115 cm³/mol. The summed E-state index contributed by atoms with van der Waals surface area (Å²) >= 11 is 0. The van der Waals surface area contributed by atoms with Crippen LogP contribution in [0.15, 0.2) is 47.6 Å². The van der Waals surface area contributed by atoms with E-state index in [1.54, 1.807) is 14.2 Å². The topological polar surface area (TPSA) is 80.7 Å². The third kappa shape index (κ3) is 4.33. The first-order chi connectivity index (χ1) is 14.6. The lowest BCUT2D eigenvalue weighted by molar-refractivity contribution is -0.122. The van der Waals surface area contributed by atoms with Crippen molar-refractivity contribution in [3.63, 3.8) is 0 Å². The van der Waals surface area contributed by atoms with Crippen molar-refractivity contribution in [2.75, 3.05) is 20.8 Å². The number of rotatable bonds is 9. The summed E-state index contributed by atoms with van der Waals surface area (Å²) in [5.41, 5.74) is 5.01. The molecule has 1 aromatic carbocycles. The number of benzene rings is 1. The molecule has 4 rings (SSSR count). The third-order valence-corrected chi connectivity index (χ3v) is 5.96. The van der Waals surface area contributed by atoms with Crippen LogP contribution in [-0.4, -0.2) is 43.2 Å². The van der Waals surface area contributed by atoms with Gasteiger partial charge >= 0.3 is 0 Å². The standard InChI is InChI=1S/C24H27N3O3/c1-25-24(29)21-11-20(21)23-22-13-26-18(8-16(22)12-27-23)10-19(28)9-17(14-30-2)15-6-4-3-5-7-15/h3-8,13,17,20-21H,9-12,14H2,1-2H3,(H,25,29)/t17-,20?,21+/m1/s1. The van der Waals surface area contributed by atoms with Crippen LogP contribution in [0.3, 0.4) is 0 Å². The Labute approximate surface area is 176 Å². The molecule has 1 fully saturated rings. The van der Waals surface area contributed by atoms with Gasteiger partial charge in [0, 0.05) is 67.9 Å². The number of nitrogens with zero attached hydrogens (tertiary/aromatic N) is 2. The van der Waals surface area contributed by atoms with Crippen LogP contribution in [0.5, 0.6) is 0 Å². The average molecular weight is 405 g/mol. The van der Waals surface area contributed by atoms with E-state index in [1.807, 2.05) is 42.6 Å². The summed E-state index contributed by atoms with van der Waals surface area (Å²) < 4.78 is 5.33. The molecule has 0 spiro atoms. The highest BCUT2D eigenvalue weighted by molar-refractivity contribution is 6.09.